The first-order valence-corrected chi connectivity index (χ1v) is 10.2. The second-order valence-electron chi connectivity index (χ2n) is 5.02. The number of halogens is 2. The van der Waals surface area contributed by atoms with Crippen LogP contribution in [0.1, 0.15) is 6.92 Å². The molecule has 0 bridgehead atoms. The number of nitrogens with zero attached hydrogens (tertiary/aromatic N) is 2. The summed E-state index contributed by atoms with van der Waals surface area (Å²) in [5, 5.41) is 0.712. The molecule has 0 radical (unpaired) electrons. The number of rotatable bonds is 2. The van der Waals surface area contributed by atoms with E-state index in [2.05, 4.69) is 20.9 Å². The molecule has 2 aliphatic heterocycles. The highest BCUT2D eigenvalue weighted by Gasteiger charge is 2.47. The van der Waals surface area contributed by atoms with Crippen LogP contribution in [0.5, 0.6) is 0 Å². The number of hydrogen-bond acceptors (Lipinski definition) is 5. The smallest absolute Gasteiger partial charge is 0.164 e. The Balaban J connectivity index is 2.03. The van der Waals surface area contributed by atoms with Gasteiger partial charge in [0, 0.05) is 4.47 Å². The van der Waals surface area contributed by atoms with Gasteiger partial charge in [-0.2, -0.15) is 0 Å². The molecule has 0 aromatic heterocycles. The van der Waals surface area contributed by atoms with E-state index >= 15 is 0 Å². The maximum Gasteiger partial charge on any atom is 0.164 e. The lowest BCUT2D eigenvalue weighted by Gasteiger charge is -2.26. The third-order valence-electron chi connectivity index (χ3n) is 3.55. The highest BCUT2D eigenvalue weighted by atomic mass is 79.9. The zero-order chi connectivity index (χ0) is 15.2. The fourth-order valence-corrected chi connectivity index (χ4v) is 5.74. The summed E-state index contributed by atoms with van der Waals surface area (Å²) >= 11 is 4.75. The van der Waals surface area contributed by atoms with E-state index in [0.717, 1.165) is 5.75 Å². The van der Waals surface area contributed by atoms with Crippen LogP contribution in [0.4, 0.5) is 10.1 Å². The fourth-order valence-electron chi connectivity index (χ4n) is 2.72. The molecule has 2 unspecified atom stereocenters. The minimum Gasteiger partial charge on any atom is -0.312 e. The second-order valence-corrected chi connectivity index (χ2v) is 9.32. The largest absolute Gasteiger partial charge is 0.312 e. The summed E-state index contributed by atoms with van der Waals surface area (Å²) in [7, 11) is -3.10. The minimum absolute atomic E-state index is 0.0322. The molecule has 2 aliphatic rings. The standard InChI is InChI=1S/C13H14BrFN2O2S2/c1-2-20-13-16-10-6-21(18,19)7-12(10)17(13)11-4-3-8(14)5-9(11)15/h3-5,10,12H,2,6-7H2,1H3. The molecule has 1 aromatic rings. The lowest BCUT2D eigenvalue weighted by atomic mass is 10.1. The van der Waals surface area contributed by atoms with Gasteiger partial charge in [-0.1, -0.05) is 34.6 Å². The van der Waals surface area contributed by atoms with Crippen molar-refractivity contribution in [2.75, 3.05) is 22.2 Å². The van der Waals surface area contributed by atoms with E-state index in [1.807, 2.05) is 6.92 Å². The van der Waals surface area contributed by atoms with Crippen LogP contribution in [0.25, 0.3) is 0 Å². The molecule has 8 heteroatoms. The Hall–Kier alpha value is -0.600. The van der Waals surface area contributed by atoms with Crippen molar-refractivity contribution in [3.05, 3.63) is 28.5 Å². The van der Waals surface area contributed by atoms with Gasteiger partial charge in [0.15, 0.2) is 15.0 Å². The maximum atomic E-state index is 14.3. The summed E-state index contributed by atoms with van der Waals surface area (Å²) < 4.78 is 38.6. The molecular formula is C13H14BrFN2O2S2. The van der Waals surface area contributed by atoms with Gasteiger partial charge in [-0.05, 0) is 24.0 Å². The average molecular weight is 393 g/mol. The Morgan fingerprint density at radius 1 is 1.48 bits per heavy atom. The van der Waals surface area contributed by atoms with Crippen molar-refractivity contribution < 1.29 is 12.8 Å². The summed E-state index contributed by atoms with van der Waals surface area (Å²) in [5.74, 6) is 0.517. The highest BCUT2D eigenvalue weighted by molar-refractivity contribution is 9.10. The first-order valence-electron chi connectivity index (χ1n) is 6.56. The van der Waals surface area contributed by atoms with Gasteiger partial charge in [0.05, 0.1) is 29.3 Å². The average Bonchev–Trinajstić information content (AvgIpc) is 2.82. The maximum absolute atomic E-state index is 14.3. The van der Waals surface area contributed by atoms with Crippen LogP contribution >= 0.6 is 27.7 Å². The molecule has 1 saturated heterocycles. The van der Waals surface area contributed by atoms with Crippen LogP contribution in [0.2, 0.25) is 0 Å². The molecule has 0 N–H and O–H groups in total. The van der Waals surface area contributed by atoms with Crippen molar-refractivity contribution in [3.8, 4) is 0 Å². The van der Waals surface area contributed by atoms with E-state index in [-0.39, 0.29) is 29.4 Å². The topological polar surface area (TPSA) is 49.7 Å². The predicted molar refractivity (Wildman–Crippen MR) is 88.4 cm³/mol. The molecule has 4 nitrogen and oxygen atoms in total. The van der Waals surface area contributed by atoms with Gasteiger partial charge in [0.2, 0.25) is 0 Å². The van der Waals surface area contributed by atoms with Crippen LogP contribution < -0.4 is 4.90 Å². The monoisotopic (exact) mass is 392 g/mol. The Kier molecular flexibility index (Phi) is 4.04. The van der Waals surface area contributed by atoms with Gasteiger partial charge in [0.1, 0.15) is 5.82 Å². The Morgan fingerprint density at radius 3 is 2.90 bits per heavy atom. The van der Waals surface area contributed by atoms with E-state index < -0.39 is 9.84 Å². The van der Waals surface area contributed by atoms with Crippen LogP contribution in [-0.4, -0.2) is 42.9 Å². The van der Waals surface area contributed by atoms with Gasteiger partial charge in [-0.15, -0.1) is 0 Å². The first-order chi connectivity index (χ1) is 9.91. The Bertz CT molecular complexity index is 708. The summed E-state index contributed by atoms with van der Waals surface area (Å²) in [6, 6.07) is 4.23. The number of fused-ring (bicyclic) bond motifs is 1. The molecule has 1 aromatic carbocycles. The zero-order valence-corrected chi connectivity index (χ0v) is 14.5. The number of thioether (sulfide) groups is 1. The Labute approximate surface area is 135 Å². The molecule has 2 atom stereocenters. The number of amidine groups is 1. The highest BCUT2D eigenvalue weighted by Crippen LogP contribution is 2.36. The molecular weight excluding hydrogens is 379 g/mol. The van der Waals surface area contributed by atoms with Crippen LogP contribution in [0.15, 0.2) is 27.7 Å². The van der Waals surface area contributed by atoms with Gasteiger partial charge < -0.3 is 4.90 Å². The predicted octanol–water partition coefficient (Wildman–Crippen LogP) is 2.68. The molecule has 2 heterocycles. The van der Waals surface area contributed by atoms with E-state index in [1.54, 1.807) is 17.0 Å². The van der Waals surface area contributed by atoms with Crippen LogP contribution in [-0.2, 0) is 9.84 Å². The van der Waals surface area contributed by atoms with Crippen LogP contribution in [0.3, 0.4) is 0 Å². The Morgan fingerprint density at radius 2 is 2.24 bits per heavy atom. The van der Waals surface area contributed by atoms with Gasteiger partial charge in [-0.3, -0.25) is 4.99 Å². The molecule has 0 saturated carbocycles. The zero-order valence-electron chi connectivity index (χ0n) is 11.3. The van der Waals surface area contributed by atoms with Crippen molar-refractivity contribution in [2.24, 2.45) is 4.99 Å². The van der Waals surface area contributed by atoms with Crippen molar-refractivity contribution in [1.29, 1.82) is 0 Å². The van der Waals surface area contributed by atoms with Crippen molar-refractivity contribution in [2.45, 2.75) is 19.0 Å². The van der Waals surface area contributed by atoms with E-state index in [1.165, 1.54) is 17.8 Å². The molecule has 0 amide bonds. The van der Waals surface area contributed by atoms with Crippen molar-refractivity contribution >= 4 is 48.4 Å². The number of aliphatic imine (C=N–C) groups is 1. The molecule has 0 aliphatic carbocycles. The second kappa shape index (κ2) is 5.55. The third-order valence-corrected chi connectivity index (χ3v) is 6.59. The van der Waals surface area contributed by atoms with Gasteiger partial charge >= 0.3 is 0 Å². The third kappa shape index (κ3) is 2.85. The van der Waals surface area contributed by atoms with Gasteiger partial charge in [-0.25, -0.2) is 12.8 Å². The number of benzene rings is 1. The van der Waals surface area contributed by atoms with E-state index in [0.29, 0.717) is 15.3 Å². The lowest BCUT2D eigenvalue weighted by Crippen LogP contribution is -2.39. The van der Waals surface area contributed by atoms with Gasteiger partial charge in [0.25, 0.3) is 0 Å². The first kappa shape index (κ1) is 15.3. The molecule has 1 fully saturated rings. The van der Waals surface area contributed by atoms with E-state index in [4.69, 9.17) is 0 Å². The minimum atomic E-state index is -3.10. The number of hydrogen-bond donors (Lipinski definition) is 0. The fraction of sp³-hybridized carbons (Fsp3) is 0.462. The summed E-state index contributed by atoms with van der Waals surface area (Å²) in [4.78, 5) is 6.26. The van der Waals surface area contributed by atoms with Crippen molar-refractivity contribution in [3.63, 3.8) is 0 Å². The lowest BCUT2D eigenvalue weighted by molar-refractivity contribution is 0.600. The SMILES string of the molecule is CCSC1=NC2CS(=O)(=O)CC2N1c1ccc(Br)cc1F. The van der Waals surface area contributed by atoms with Crippen molar-refractivity contribution in [1.82, 2.24) is 0 Å². The van der Waals surface area contributed by atoms with Crippen LogP contribution in [0, 0.1) is 5.82 Å². The summed E-state index contributed by atoms with van der Waals surface area (Å²) in [5.41, 5.74) is 0.391. The molecule has 0 spiro atoms. The number of anilines is 1. The quantitative estimate of drug-likeness (QED) is 0.776. The molecule has 21 heavy (non-hydrogen) atoms. The summed E-state index contributed by atoms with van der Waals surface area (Å²) in [6.45, 7) is 1.99. The van der Waals surface area contributed by atoms with E-state index in [9.17, 15) is 12.8 Å². The summed E-state index contributed by atoms with van der Waals surface area (Å²) in [6.07, 6.45) is 0. The molecule has 114 valence electrons. The normalized spacial score (nSPS) is 26.8. The number of sulfone groups is 1. The molecule has 3 rings (SSSR count).